The minimum absolute atomic E-state index is 0.0790. The Morgan fingerprint density at radius 2 is 1.95 bits per heavy atom. The number of halogens is 3. The first-order chi connectivity index (χ1) is 18.1. The Kier molecular flexibility index (Phi) is 8.72. The number of alkyl halides is 3. The zero-order valence-corrected chi connectivity index (χ0v) is 21.6. The first-order valence-corrected chi connectivity index (χ1v) is 12.9. The van der Waals surface area contributed by atoms with Crippen LogP contribution in [0.2, 0.25) is 0 Å². The van der Waals surface area contributed by atoms with E-state index in [9.17, 15) is 23.1 Å². The van der Waals surface area contributed by atoms with E-state index in [1.165, 1.54) is 6.07 Å². The summed E-state index contributed by atoms with van der Waals surface area (Å²) >= 11 is 0. The van der Waals surface area contributed by atoms with Gasteiger partial charge in [-0.1, -0.05) is 72.8 Å². The van der Waals surface area contributed by atoms with Gasteiger partial charge >= 0.3 is 12.1 Å². The van der Waals surface area contributed by atoms with Gasteiger partial charge in [0.2, 0.25) is 0 Å². The Morgan fingerprint density at radius 3 is 2.63 bits per heavy atom. The number of likely N-dealkylation sites (tertiary alicyclic amines) is 1. The number of piperidine rings is 1. The Bertz CT molecular complexity index is 1220. The van der Waals surface area contributed by atoms with Gasteiger partial charge in [-0.05, 0) is 66.5 Å². The number of oxime groups is 1. The molecule has 8 heteroatoms. The second-order valence-corrected chi connectivity index (χ2v) is 10.1. The van der Waals surface area contributed by atoms with Gasteiger partial charge in [-0.15, -0.1) is 0 Å². The van der Waals surface area contributed by atoms with Crippen molar-refractivity contribution in [1.82, 2.24) is 4.90 Å². The number of nitrogens with zero attached hydrogens (tertiary/aromatic N) is 2. The average Bonchev–Trinajstić information content (AvgIpc) is 2.90. The van der Waals surface area contributed by atoms with E-state index in [1.54, 1.807) is 36.4 Å². The lowest BCUT2D eigenvalue weighted by molar-refractivity contribution is -0.143. The number of carboxylic acid groups (broad SMARTS) is 1. The zero-order valence-electron chi connectivity index (χ0n) is 21.6. The van der Waals surface area contributed by atoms with Crippen LogP contribution in [-0.2, 0) is 22.4 Å². The largest absolute Gasteiger partial charge is 0.481 e. The third kappa shape index (κ3) is 6.92. The summed E-state index contributed by atoms with van der Waals surface area (Å²) in [5, 5.41) is 13.5. The third-order valence-electron chi connectivity index (χ3n) is 7.29. The summed E-state index contributed by atoms with van der Waals surface area (Å²) in [6.07, 6.45) is 3.36. The second kappa shape index (κ2) is 12.0. The molecular weight excluding hydrogens is 493 g/mol. The SMILES string of the molecule is C/C(=N/OCc1ccc(-c2ccccc2)c(C(F)(F)F)c1)C1=CC(C)C(CN2CCCC(C(=O)O)C2)C=C1. The van der Waals surface area contributed by atoms with E-state index < -0.39 is 17.7 Å². The molecule has 202 valence electrons. The van der Waals surface area contributed by atoms with E-state index in [2.05, 4.69) is 29.1 Å². The summed E-state index contributed by atoms with van der Waals surface area (Å²) in [5.41, 5.74) is 1.87. The van der Waals surface area contributed by atoms with E-state index in [0.717, 1.165) is 37.6 Å². The number of hydrogen-bond donors (Lipinski definition) is 1. The molecule has 1 heterocycles. The fourth-order valence-electron chi connectivity index (χ4n) is 5.10. The standard InChI is InChI=1S/C30H33F3N2O3/c1-20-15-24(11-12-25(20)17-35-14-6-9-26(18-35)29(36)37)21(2)34-38-19-22-10-13-27(23-7-4-3-5-8-23)28(16-22)30(31,32)33/h3-5,7-8,10-13,15-16,20,25-26H,6,9,14,17-19H2,1-2H3,(H,36,37)/b34-21-. The van der Waals surface area contributed by atoms with Crippen LogP contribution in [0.25, 0.3) is 11.1 Å². The molecule has 2 aromatic carbocycles. The summed E-state index contributed by atoms with van der Waals surface area (Å²) in [6, 6.07) is 12.7. The fourth-order valence-corrected chi connectivity index (χ4v) is 5.10. The van der Waals surface area contributed by atoms with Crippen LogP contribution in [0.3, 0.4) is 0 Å². The van der Waals surface area contributed by atoms with E-state index in [1.807, 2.05) is 13.0 Å². The first-order valence-electron chi connectivity index (χ1n) is 12.9. The summed E-state index contributed by atoms with van der Waals surface area (Å²) in [7, 11) is 0. The van der Waals surface area contributed by atoms with Crippen molar-refractivity contribution < 1.29 is 27.9 Å². The Labute approximate surface area is 221 Å². The highest BCUT2D eigenvalue weighted by Gasteiger charge is 2.34. The summed E-state index contributed by atoms with van der Waals surface area (Å²) in [6.45, 7) is 6.15. The van der Waals surface area contributed by atoms with Gasteiger partial charge in [-0.2, -0.15) is 13.2 Å². The van der Waals surface area contributed by atoms with Crippen molar-refractivity contribution in [3.05, 3.63) is 83.5 Å². The van der Waals surface area contributed by atoms with Gasteiger partial charge in [0, 0.05) is 13.1 Å². The van der Waals surface area contributed by atoms with E-state index in [4.69, 9.17) is 4.84 Å². The Morgan fingerprint density at radius 1 is 1.18 bits per heavy atom. The van der Waals surface area contributed by atoms with Crippen molar-refractivity contribution in [3.8, 4) is 11.1 Å². The molecule has 1 saturated heterocycles. The van der Waals surface area contributed by atoms with Gasteiger partial charge in [0.25, 0.3) is 0 Å². The van der Waals surface area contributed by atoms with Crippen molar-refractivity contribution in [2.24, 2.45) is 22.9 Å². The van der Waals surface area contributed by atoms with Crippen LogP contribution >= 0.6 is 0 Å². The highest BCUT2D eigenvalue weighted by Crippen LogP contribution is 2.38. The normalized spacial score (nSPS) is 22.7. The molecule has 0 amide bonds. The van der Waals surface area contributed by atoms with E-state index in [0.29, 0.717) is 23.4 Å². The monoisotopic (exact) mass is 526 g/mol. The first kappa shape index (κ1) is 27.6. The number of rotatable bonds is 8. The lowest BCUT2D eigenvalue weighted by Gasteiger charge is -2.34. The number of carbonyl (C=O) groups is 1. The van der Waals surface area contributed by atoms with Crippen molar-refractivity contribution >= 4 is 11.7 Å². The molecule has 4 rings (SSSR count). The van der Waals surface area contributed by atoms with Crippen LogP contribution in [0.4, 0.5) is 13.2 Å². The highest BCUT2D eigenvalue weighted by molar-refractivity contribution is 6.00. The van der Waals surface area contributed by atoms with Gasteiger partial charge in [0.1, 0.15) is 6.61 Å². The Hall–Kier alpha value is -3.39. The number of allylic oxidation sites excluding steroid dienone is 3. The molecule has 1 fully saturated rings. The minimum atomic E-state index is -4.49. The summed E-state index contributed by atoms with van der Waals surface area (Å²) in [5.74, 6) is -0.530. The molecule has 5 nitrogen and oxygen atoms in total. The Balaban J connectivity index is 1.37. The van der Waals surface area contributed by atoms with Crippen LogP contribution in [0.5, 0.6) is 0 Å². The molecule has 3 atom stereocenters. The molecule has 1 aliphatic carbocycles. The van der Waals surface area contributed by atoms with Crippen LogP contribution in [0.15, 0.2) is 77.5 Å². The number of carboxylic acids is 1. The topological polar surface area (TPSA) is 62.1 Å². The van der Waals surface area contributed by atoms with Crippen molar-refractivity contribution in [2.45, 2.75) is 39.5 Å². The quantitative estimate of drug-likeness (QED) is 0.303. The van der Waals surface area contributed by atoms with Gasteiger partial charge < -0.3 is 14.8 Å². The smallest absolute Gasteiger partial charge is 0.417 e. The number of aliphatic carboxylic acids is 1. The highest BCUT2D eigenvalue weighted by atomic mass is 19.4. The maximum absolute atomic E-state index is 13.8. The molecule has 0 aromatic heterocycles. The average molecular weight is 527 g/mol. The van der Waals surface area contributed by atoms with Crippen molar-refractivity contribution in [1.29, 1.82) is 0 Å². The lowest BCUT2D eigenvalue weighted by atomic mass is 9.85. The second-order valence-electron chi connectivity index (χ2n) is 10.1. The third-order valence-corrected chi connectivity index (χ3v) is 7.29. The predicted octanol–water partition coefficient (Wildman–Crippen LogP) is 6.81. The predicted molar refractivity (Wildman–Crippen MR) is 141 cm³/mol. The maximum atomic E-state index is 13.8. The molecular formula is C30H33F3N2O3. The van der Waals surface area contributed by atoms with Crippen LogP contribution in [0, 0.1) is 17.8 Å². The number of hydrogen-bond acceptors (Lipinski definition) is 4. The van der Waals surface area contributed by atoms with Crippen molar-refractivity contribution in [2.75, 3.05) is 19.6 Å². The molecule has 2 aromatic rings. The van der Waals surface area contributed by atoms with Crippen LogP contribution < -0.4 is 0 Å². The van der Waals surface area contributed by atoms with Crippen LogP contribution in [-0.4, -0.2) is 41.3 Å². The molecule has 0 saturated carbocycles. The lowest BCUT2D eigenvalue weighted by Crippen LogP contribution is -2.41. The minimum Gasteiger partial charge on any atom is -0.481 e. The zero-order chi connectivity index (χ0) is 27.3. The fraction of sp³-hybridized carbons (Fsp3) is 0.400. The number of benzene rings is 2. The maximum Gasteiger partial charge on any atom is 0.417 e. The summed E-state index contributed by atoms with van der Waals surface area (Å²) in [4.78, 5) is 19.0. The van der Waals surface area contributed by atoms with Gasteiger partial charge in [-0.25, -0.2) is 0 Å². The molecule has 0 radical (unpaired) electrons. The molecule has 2 aliphatic rings. The van der Waals surface area contributed by atoms with Crippen molar-refractivity contribution in [3.63, 3.8) is 0 Å². The molecule has 38 heavy (non-hydrogen) atoms. The molecule has 1 N–H and O–H groups in total. The van der Waals surface area contributed by atoms with E-state index >= 15 is 0 Å². The van der Waals surface area contributed by atoms with E-state index in [-0.39, 0.29) is 29.9 Å². The van der Waals surface area contributed by atoms with Gasteiger partial charge in [-0.3, -0.25) is 4.79 Å². The molecule has 0 spiro atoms. The van der Waals surface area contributed by atoms with Crippen LogP contribution in [0.1, 0.15) is 37.8 Å². The van der Waals surface area contributed by atoms with Gasteiger partial charge in [0.15, 0.2) is 0 Å². The molecule has 3 unspecified atom stereocenters. The van der Waals surface area contributed by atoms with Gasteiger partial charge in [0.05, 0.1) is 17.2 Å². The summed E-state index contributed by atoms with van der Waals surface area (Å²) < 4.78 is 41.3. The molecule has 1 aliphatic heterocycles. The molecule has 0 bridgehead atoms.